The molecule has 3 aromatic rings. The number of nitro groups is 1. The van der Waals surface area contributed by atoms with Gasteiger partial charge in [-0.25, -0.2) is 0 Å². The molecule has 3 rings (SSSR count). The van der Waals surface area contributed by atoms with Crippen molar-refractivity contribution in [2.75, 3.05) is 0 Å². The summed E-state index contributed by atoms with van der Waals surface area (Å²) in [5.74, 6) is 0. The first-order valence-corrected chi connectivity index (χ1v) is 7.81. The first-order chi connectivity index (χ1) is 9.74. The molecule has 1 aromatic carbocycles. The van der Waals surface area contributed by atoms with Gasteiger partial charge < -0.3 is 0 Å². The van der Waals surface area contributed by atoms with Gasteiger partial charge in [-0.1, -0.05) is 0 Å². The number of fused-ring (bicyclic) bond motifs is 1. The second-order valence-electron chi connectivity index (χ2n) is 3.99. The zero-order valence-corrected chi connectivity index (χ0v) is 11.9. The minimum absolute atomic E-state index is 0.110. The molecule has 0 saturated carbocycles. The third kappa shape index (κ3) is 2.52. The zero-order valence-electron chi connectivity index (χ0n) is 10.2. The van der Waals surface area contributed by atoms with Crippen LogP contribution in [-0.4, -0.2) is 39.8 Å². The molecule has 8 heteroatoms. The van der Waals surface area contributed by atoms with Gasteiger partial charge >= 0.3 is 119 Å². The molecular weight excluding hydrogens is 325 g/mol. The number of non-ortho nitro benzene ring substituents is 1. The second kappa shape index (κ2) is 5.36. The minimum atomic E-state index is -0.395. The van der Waals surface area contributed by atoms with E-state index in [0.29, 0.717) is 5.65 Å². The molecule has 100 valence electrons. The van der Waals surface area contributed by atoms with Crippen molar-refractivity contribution in [1.29, 1.82) is 0 Å². The number of aromatic nitrogens is 4. The average Bonchev–Trinajstić information content (AvgIpc) is 2.94. The number of aromatic amines is 1. The van der Waals surface area contributed by atoms with Gasteiger partial charge in [0.25, 0.3) is 0 Å². The van der Waals surface area contributed by atoms with Gasteiger partial charge in [0.05, 0.1) is 0 Å². The molecule has 0 radical (unpaired) electrons. The van der Waals surface area contributed by atoms with E-state index in [2.05, 4.69) is 19.9 Å². The number of H-pyrrole nitrogens is 1. The van der Waals surface area contributed by atoms with Crippen LogP contribution in [0.15, 0.2) is 36.9 Å². The van der Waals surface area contributed by atoms with Gasteiger partial charge in [-0.2, -0.15) is 0 Å². The number of nitro benzene ring substituents is 1. The molecular formula is C12H9N5O2Se. The molecule has 7 nitrogen and oxygen atoms in total. The van der Waals surface area contributed by atoms with Crippen molar-refractivity contribution in [3.63, 3.8) is 0 Å². The van der Waals surface area contributed by atoms with Crippen LogP contribution in [0.5, 0.6) is 0 Å². The van der Waals surface area contributed by atoms with Crippen LogP contribution in [0.1, 0.15) is 5.56 Å². The quantitative estimate of drug-likeness (QED) is 0.432. The first kappa shape index (κ1) is 12.7. The maximum absolute atomic E-state index is 10.6. The van der Waals surface area contributed by atoms with E-state index in [0.717, 1.165) is 21.0 Å². The number of nitrogens with one attached hydrogen (secondary N) is 1. The summed E-state index contributed by atoms with van der Waals surface area (Å²) in [5, 5.41) is 11.4. The summed E-state index contributed by atoms with van der Waals surface area (Å²) in [7, 11) is 0. The van der Waals surface area contributed by atoms with Gasteiger partial charge in [0, 0.05) is 0 Å². The fraction of sp³-hybridized carbons (Fsp3) is 0.0833. The molecule has 0 spiro atoms. The number of imidazole rings is 1. The van der Waals surface area contributed by atoms with Crippen molar-refractivity contribution in [3.05, 3.63) is 52.6 Å². The van der Waals surface area contributed by atoms with Crippen molar-refractivity contribution in [3.8, 4) is 0 Å². The molecule has 0 aliphatic heterocycles. The van der Waals surface area contributed by atoms with E-state index in [1.807, 2.05) is 0 Å². The van der Waals surface area contributed by atoms with Crippen molar-refractivity contribution < 1.29 is 4.92 Å². The van der Waals surface area contributed by atoms with E-state index in [1.165, 1.54) is 18.5 Å². The van der Waals surface area contributed by atoms with Gasteiger partial charge in [0.2, 0.25) is 0 Å². The van der Waals surface area contributed by atoms with Crippen LogP contribution in [0.2, 0.25) is 0 Å². The molecule has 0 bridgehead atoms. The van der Waals surface area contributed by atoms with Gasteiger partial charge in [0.1, 0.15) is 0 Å². The molecule has 0 aliphatic rings. The van der Waals surface area contributed by atoms with Gasteiger partial charge in [0.15, 0.2) is 0 Å². The molecule has 0 aliphatic carbocycles. The average molecular weight is 334 g/mol. The van der Waals surface area contributed by atoms with Crippen molar-refractivity contribution in [1.82, 2.24) is 19.9 Å². The van der Waals surface area contributed by atoms with Crippen LogP contribution < -0.4 is 4.59 Å². The Morgan fingerprint density at radius 2 is 2.00 bits per heavy atom. The van der Waals surface area contributed by atoms with E-state index >= 15 is 0 Å². The normalized spacial score (nSPS) is 10.8. The van der Waals surface area contributed by atoms with E-state index in [4.69, 9.17) is 0 Å². The van der Waals surface area contributed by atoms with Gasteiger partial charge in [-0.15, -0.1) is 0 Å². The Balaban J connectivity index is 1.76. The van der Waals surface area contributed by atoms with E-state index in [9.17, 15) is 10.1 Å². The van der Waals surface area contributed by atoms with Crippen LogP contribution >= 0.6 is 0 Å². The Kier molecular flexibility index (Phi) is 3.41. The Hall–Kier alpha value is -2.31. The van der Waals surface area contributed by atoms with Crippen molar-refractivity contribution in [2.24, 2.45) is 0 Å². The molecule has 0 unspecified atom stereocenters. The Bertz CT molecular complexity index is 756. The van der Waals surface area contributed by atoms with Gasteiger partial charge in [-0.3, -0.25) is 0 Å². The third-order valence-electron chi connectivity index (χ3n) is 2.71. The predicted octanol–water partition coefficient (Wildman–Crippen LogP) is 0.791. The van der Waals surface area contributed by atoms with E-state index in [1.54, 1.807) is 18.5 Å². The number of hydrogen-bond donors (Lipinski definition) is 1. The summed E-state index contributed by atoms with van der Waals surface area (Å²) in [4.78, 5) is 25.7. The molecule has 0 fully saturated rings. The summed E-state index contributed by atoms with van der Waals surface area (Å²) in [6.07, 6.45) is 3.11. The third-order valence-corrected chi connectivity index (χ3v) is 4.94. The molecule has 1 N–H and O–H groups in total. The topological polar surface area (TPSA) is 97.6 Å². The zero-order chi connectivity index (χ0) is 13.9. The van der Waals surface area contributed by atoms with Gasteiger partial charge in [-0.05, 0) is 0 Å². The molecule has 2 aromatic heterocycles. The SMILES string of the molecule is O=[N+]([O-])c1ccc(C[Se]c2ncnc3nc[nH]c23)cc1. The van der Waals surface area contributed by atoms with Crippen LogP contribution in [-0.2, 0) is 5.32 Å². The van der Waals surface area contributed by atoms with Crippen molar-refractivity contribution in [2.45, 2.75) is 5.32 Å². The molecule has 0 saturated heterocycles. The van der Waals surface area contributed by atoms with Crippen molar-refractivity contribution >= 4 is 36.4 Å². The maximum atomic E-state index is 10.6. The summed E-state index contributed by atoms with van der Waals surface area (Å²) in [6, 6.07) is 6.62. The molecule has 2 heterocycles. The monoisotopic (exact) mass is 335 g/mol. The predicted molar refractivity (Wildman–Crippen MR) is 73.9 cm³/mol. The fourth-order valence-corrected chi connectivity index (χ4v) is 3.63. The summed E-state index contributed by atoms with van der Waals surface area (Å²) in [6.45, 7) is 0. The Morgan fingerprint density at radius 3 is 2.75 bits per heavy atom. The molecule has 0 amide bonds. The Morgan fingerprint density at radius 1 is 1.20 bits per heavy atom. The number of rotatable bonds is 4. The second-order valence-corrected chi connectivity index (χ2v) is 6.01. The standard InChI is InChI=1S/C12H9N5O2Se/c18-17(19)9-3-1-8(2-4-9)5-20-12-10-11(14-6-13-10)15-7-16-12/h1-4,6-7H,5H2,(H,13,14,15,16). The number of benzene rings is 1. The van der Waals surface area contributed by atoms with Crippen LogP contribution in [0, 0.1) is 10.1 Å². The number of nitrogens with zero attached hydrogens (tertiary/aromatic N) is 4. The van der Waals surface area contributed by atoms with E-state index in [-0.39, 0.29) is 20.6 Å². The Labute approximate surface area is 119 Å². The number of hydrogen-bond acceptors (Lipinski definition) is 5. The fourth-order valence-electron chi connectivity index (χ4n) is 1.72. The molecule has 20 heavy (non-hydrogen) atoms. The first-order valence-electron chi connectivity index (χ1n) is 5.74. The van der Waals surface area contributed by atoms with Crippen LogP contribution in [0.25, 0.3) is 11.2 Å². The summed E-state index contributed by atoms with van der Waals surface area (Å²) >= 11 is 0.115. The molecule has 0 atom stereocenters. The van der Waals surface area contributed by atoms with Crippen LogP contribution in [0.3, 0.4) is 0 Å². The van der Waals surface area contributed by atoms with E-state index < -0.39 is 4.92 Å². The summed E-state index contributed by atoms with van der Waals surface area (Å²) < 4.78 is 0.957. The van der Waals surface area contributed by atoms with Crippen LogP contribution in [0.4, 0.5) is 5.69 Å². The summed E-state index contributed by atoms with van der Waals surface area (Å²) in [5.41, 5.74) is 2.70.